The average molecular weight is 327 g/mol. The van der Waals surface area contributed by atoms with Crippen LogP contribution in [0.3, 0.4) is 0 Å². The van der Waals surface area contributed by atoms with E-state index in [2.05, 4.69) is 4.98 Å². The maximum absolute atomic E-state index is 12.6. The van der Waals surface area contributed by atoms with Crippen LogP contribution >= 0.6 is 0 Å². The molecule has 6 nitrogen and oxygen atoms in total. The molecule has 0 saturated carbocycles. The predicted molar refractivity (Wildman–Crippen MR) is 82.9 cm³/mol. The number of furan rings is 1. The summed E-state index contributed by atoms with van der Waals surface area (Å²) < 4.78 is 17.1. The first kappa shape index (κ1) is 15.2. The van der Waals surface area contributed by atoms with Crippen LogP contribution in [0.1, 0.15) is 70.2 Å². The highest BCUT2D eigenvalue weighted by Gasteiger charge is 2.35. The summed E-state index contributed by atoms with van der Waals surface area (Å²) in [6.07, 6.45) is 3.74. The van der Waals surface area contributed by atoms with Crippen molar-refractivity contribution < 1.29 is 23.5 Å². The number of hydrogen-bond donors (Lipinski definition) is 0. The van der Waals surface area contributed by atoms with Gasteiger partial charge in [-0.1, -0.05) is 0 Å². The van der Waals surface area contributed by atoms with Crippen molar-refractivity contribution in [3.05, 3.63) is 52.7 Å². The first-order chi connectivity index (χ1) is 11.6. The Morgan fingerprint density at radius 3 is 2.92 bits per heavy atom. The van der Waals surface area contributed by atoms with Crippen LogP contribution in [0.4, 0.5) is 0 Å². The first-order valence-corrected chi connectivity index (χ1v) is 8.10. The van der Waals surface area contributed by atoms with Gasteiger partial charge in [0.05, 0.1) is 11.1 Å². The minimum Gasteiger partial charge on any atom is -0.454 e. The molecule has 2 aromatic rings. The predicted octanol–water partition coefficient (Wildman–Crippen LogP) is 3.05. The highest BCUT2D eigenvalue weighted by Crippen LogP contribution is 2.32. The fourth-order valence-electron chi connectivity index (χ4n) is 3.08. The molecule has 0 bridgehead atoms. The summed E-state index contributed by atoms with van der Waals surface area (Å²) in [6.45, 7) is 2.51. The van der Waals surface area contributed by atoms with Gasteiger partial charge in [-0.3, -0.25) is 14.6 Å². The molecule has 0 radical (unpaired) electrons. The monoisotopic (exact) mass is 327 g/mol. The van der Waals surface area contributed by atoms with Gasteiger partial charge < -0.3 is 13.9 Å². The number of nitrogens with zero attached hydrogens (tertiary/aromatic N) is 1. The fourth-order valence-corrected chi connectivity index (χ4v) is 3.08. The van der Waals surface area contributed by atoms with Gasteiger partial charge in [0.1, 0.15) is 17.6 Å². The van der Waals surface area contributed by atoms with E-state index in [1.807, 2.05) is 6.92 Å². The van der Waals surface area contributed by atoms with Gasteiger partial charge in [0.2, 0.25) is 5.78 Å². The maximum Gasteiger partial charge on any atom is 0.248 e. The second kappa shape index (κ2) is 5.96. The molecule has 1 aliphatic carbocycles. The Labute approximate surface area is 138 Å². The number of aromatic nitrogens is 1. The molecule has 124 valence electrons. The number of ketones is 2. The molecule has 0 amide bonds. The van der Waals surface area contributed by atoms with E-state index in [-0.39, 0.29) is 34.9 Å². The first-order valence-electron chi connectivity index (χ1n) is 8.10. The molecule has 0 aromatic carbocycles. The van der Waals surface area contributed by atoms with Gasteiger partial charge in [0, 0.05) is 12.8 Å². The zero-order valence-corrected chi connectivity index (χ0v) is 13.3. The molecule has 4 rings (SSSR count). The van der Waals surface area contributed by atoms with E-state index in [0.29, 0.717) is 17.9 Å². The molecule has 0 spiro atoms. The summed E-state index contributed by atoms with van der Waals surface area (Å²) in [4.78, 5) is 29.1. The van der Waals surface area contributed by atoms with Crippen molar-refractivity contribution in [3.8, 4) is 0 Å². The molecular weight excluding hydrogens is 310 g/mol. The molecule has 1 saturated heterocycles. The number of hydrogen-bond acceptors (Lipinski definition) is 6. The lowest BCUT2D eigenvalue weighted by Gasteiger charge is -2.25. The molecule has 2 unspecified atom stereocenters. The molecule has 0 N–H and O–H groups in total. The van der Waals surface area contributed by atoms with Gasteiger partial charge in [-0.15, -0.1) is 0 Å². The minimum atomic E-state index is -0.407. The van der Waals surface area contributed by atoms with Crippen LogP contribution in [0.2, 0.25) is 0 Å². The summed E-state index contributed by atoms with van der Waals surface area (Å²) >= 11 is 0. The fraction of sp³-hybridized carbons (Fsp3) is 0.389. The van der Waals surface area contributed by atoms with E-state index in [1.54, 1.807) is 18.2 Å². The summed E-state index contributed by atoms with van der Waals surface area (Å²) in [6, 6.07) is 4.84. The molecule has 1 aliphatic heterocycles. The van der Waals surface area contributed by atoms with E-state index in [0.717, 1.165) is 19.3 Å². The van der Waals surface area contributed by atoms with E-state index in [9.17, 15) is 9.59 Å². The van der Waals surface area contributed by atoms with E-state index in [4.69, 9.17) is 13.9 Å². The van der Waals surface area contributed by atoms with Crippen molar-refractivity contribution in [1.82, 2.24) is 4.98 Å². The van der Waals surface area contributed by atoms with Crippen LogP contribution in [0.25, 0.3) is 0 Å². The Morgan fingerprint density at radius 2 is 2.12 bits per heavy atom. The van der Waals surface area contributed by atoms with Crippen molar-refractivity contribution in [2.24, 2.45) is 0 Å². The second-order valence-corrected chi connectivity index (χ2v) is 6.02. The van der Waals surface area contributed by atoms with Crippen LogP contribution in [0.5, 0.6) is 0 Å². The van der Waals surface area contributed by atoms with Crippen LogP contribution in [-0.4, -0.2) is 29.4 Å². The average Bonchev–Trinajstić information content (AvgIpc) is 3.07. The third kappa shape index (κ3) is 2.48. The quantitative estimate of drug-likeness (QED) is 0.735. The van der Waals surface area contributed by atoms with E-state index < -0.39 is 6.10 Å². The SMILES string of the molecule is CC(OC1CCCCO1)c1cc2c(o1)C(=O)c1ncccc1C2=O. The molecule has 1 fully saturated rings. The smallest absolute Gasteiger partial charge is 0.248 e. The van der Waals surface area contributed by atoms with Gasteiger partial charge >= 0.3 is 0 Å². The zero-order valence-electron chi connectivity index (χ0n) is 13.3. The minimum absolute atomic E-state index is 0.0428. The molecule has 2 aliphatic rings. The van der Waals surface area contributed by atoms with E-state index >= 15 is 0 Å². The Kier molecular flexibility index (Phi) is 3.78. The maximum atomic E-state index is 12.6. The molecule has 24 heavy (non-hydrogen) atoms. The highest BCUT2D eigenvalue weighted by molar-refractivity contribution is 6.26. The number of rotatable bonds is 3. The largest absolute Gasteiger partial charge is 0.454 e. The Balaban J connectivity index is 1.62. The van der Waals surface area contributed by atoms with Gasteiger partial charge in [-0.2, -0.15) is 0 Å². The summed E-state index contributed by atoms with van der Waals surface area (Å²) in [7, 11) is 0. The summed E-state index contributed by atoms with van der Waals surface area (Å²) in [5.41, 5.74) is 0.724. The highest BCUT2D eigenvalue weighted by atomic mass is 16.7. The van der Waals surface area contributed by atoms with Gasteiger partial charge in [-0.05, 0) is 44.4 Å². The number of pyridine rings is 1. The van der Waals surface area contributed by atoms with Crippen molar-refractivity contribution in [2.75, 3.05) is 6.61 Å². The van der Waals surface area contributed by atoms with Crippen LogP contribution in [0.15, 0.2) is 28.8 Å². The second-order valence-electron chi connectivity index (χ2n) is 6.02. The summed E-state index contributed by atoms with van der Waals surface area (Å²) in [5, 5.41) is 0. The summed E-state index contributed by atoms with van der Waals surface area (Å²) in [5.74, 6) is -0.124. The molecule has 2 atom stereocenters. The Hall–Kier alpha value is -2.31. The van der Waals surface area contributed by atoms with Gasteiger partial charge in [0.25, 0.3) is 0 Å². The van der Waals surface area contributed by atoms with Crippen molar-refractivity contribution in [3.63, 3.8) is 0 Å². The van der Waals surface area contributed by atoms with Crippen molar-refractivity contribution in [2.45, 2.75) is 38.6 Å². The Morgan fingerprint density at radius 1 is 1.25 bits per heavy atom. The lowest BCUT2D eigenvalue weighted by Crippen LogP contribution is -2.23. The lowest BCUT2D eigenvalue weighted by molar-refractivity contribution is -0.189. The van der Waals surface area contributed by atoms with Gasteiger partial charge in [-0.25, -0.2) is 0 Å². The molecular formula is C18H17NO5. The van der Waals surface area contributed by atoms with Crippen molar-refractivity contribution >= 4 is 11.6 Å². The number of carbonyl (C=O) groups excluding carboxylic acids is 2. The lowest BCUT2D eigenvalue weighted by atomic mass is 9.92. The number of ether oxygens (including phenoxy) is 2. The van der Waals surface area contributed by atoms with E-state index in [1.165, 1.54) is 6.20 Å². The van der Waals surface area contributed by atoms with Crippen LogP contribution < -0.4 is 0 Å². The third-order valence-electron chi connectivity index (χ3n) is 4.36. The topological polar surface area (TPSA) is 78.6 Å². The molecule has 3 heterocycles. The number of carbonyl (C=O) groups is 2. The third-order valence-corrected chi connectivity index (χ3v) is 4.36. The van der Waals surface area contributed by atoms with Gasteiger partial charge in [0.15, 0.2) is 17.8 Å². The Bertz CT molecular complexity index is 751. The molecule has 6 heteroatoms. The van der Waals surface area contributed by atoms with Crippen LogP contribution in [-0.2, 0) is 9.47 Å². The van der Waals surface area contributed by atoms with Crippen LogP contribution in [0, 0.1) is 0 Å². The molecule has 2 aromatic heterocycles. The number of fused-ring (bicyclic) bond motifs is 2. The standard InChI is InChI=1S/C18H17NO5/c1-10(23-14-6-2-3-8-22-14)13-9-12-16(20)11-5-4-7-19-15(11)17(21)18(12)24-13/h4-5,7,9-10,14H,2-3,6,8H2,1H3. The van der Waals surface area contributed by atoms with Crippen molar-refractivity contribution in [1.29, 1.82) is 0 Å². The zero-order chi connectivity index (χ0) is 16.7. The normalized spacial score (nSPS) is 21.3.